The van der Waals surface area contributed by atoms with Crippen LogP contribution in [0, 0.1) is 18.9 Å². The molecule has 0 radical (unpaired) electrons. The number of carbonyl (C=O) groups excluding carboxylic acids is 2. The number of ether oxygens (including phenoxy) is 1. The van der Waals surface area contributed by atoms with Gasteiger partial charge in [-0.1, -0.05) is 54.5 Å². The Morgan fingerprint density at radius 2 is 1.84 bits per heavy atom. The molecule has 0 saturated carbocycles. The molecule has 0 spiro atoms. The fraction of sp³-hybridized carbons (Fsp3) is 0.167. The molecule has 0 aliphatic rings. The third-order valence-corrected chi connectivity index (χ3v) is 5.68. The van der Waals surface area contributed by atoms with Crippen molar-refractivity contribution in [3.8, 4) is 12.0 Å². The molecule has 0 aliphatic heterocycles. The molecule has 3 aromatic carbocycles. The molecular weight excluding hydrogens is 466 g/mol. The minimum Gasteiger partial charge on any atom is -0.466 e. The van der Waals surface area contributed by atoms with Gasteiger partial charge in [0.25, 0.3) is 6.01 Å². The standard InChI is InChI=1S/C30H27N3O4/c1-4-17-33(20-23-11-9-22(10-12-23)14-16-29(35)36-3)28(34)19-24-13-15-26-27(18-24)37-30(32-26)31-25-8-6-5-7-21(25)2/h5-16,18H,19-20H2,1-3H3,(H,31,32)/b16-14+. The number of anilines is 2. The SMILES string of the molecule is CC#CN(Cc1ccc(/C=C/C(=O)OC)cc1)C(=O)Cc1ccc2nc(Nc3ccccc3C)oc2c1. The Balaban J connectivity index is 1.44. The number of benzene rings is 3. The number of oxazole rings is 1. The smallest absolute Gasteiger partial charge is 0.330 e. The molecular formula is C30H27N3O4. The number of methoxy groups -OCH3 is 1. The zero-order chi connectivity index (χ0) is 26.2. The van der Waals surface area contributed by atoms with E-state index in [0.717, 1.165) is 27.9 Å². The van der Waals surface area contributed by atoms with E-state index in [1.54, 1.807) is 13.0 Å². The van der Waals surface area contributed by atoms with Gasteiger partial charge in [0.05, 0.1) is 20.1 Å². The zero-order valence-corrected chi connectivity index (χ0v) is 20.9. The number of aryl methyl sites for hydroxylation is 1. The van der Waals surface area contributed by atoms with Crippen LogP contribution < -0.4 is 5.32 Å². The highest BCUT2D eigenvalue weighted by molar-refractivity contribution is 5.87. The summed E-state index contributed by atoms with van der Waals surface area (Å²) in [6, 6.07) is 24.3. The number of aromatic nitrogens is 1. The summed E-state index contributed by atoms with van der Waals surface area (Å²) in [4.78, 5) is 30.4. The maximum Gasteiger partial charge on any atom is 0.330 e. The van der Waals surface area contributed by atoms with Crippen molar-refractivity contribution in [3.05, 3.63) is 95.1 Å². The molecule has 7 heteroatoms. The lowest BCUT2D eigenvalue weighted by Crippen LogP contribution is -2.27. The largest absolute Gasteiger partial charge is 0.466 e. The third-order valence-electron chi connectivity index (χ3n) is 5.68. The lowest BCUT2D eigenvalue weighted by Gasteiger charge is -2.16. The van der Waals surface area contributed by atoms with Crippen LogP contribution in [0.1, 0.15) is 29.2 Å². The van der Waals surface area contributed by atoms with Gasteiger partial charge in [0, 0.05) is 17.8 Å². The Morgan fingerprint density at radius 1 is 1.08 bits per heavy atom. The molecule has 1 amide bonds. The Hall–Kier alpha value is -4.83. The van der Waals surface area contributed by atoms with Crippen molar-refractivity contribution in [2.45, 2.75) is 26.8 Å². The number of nitrogens with zero attached hydrogens (tertiary/aromatic N) is 2. The zero-order valence-electron chi connectivity index (χ0n) is 20.9. The van der Waals surface area contributed by atoms with Crippen molar-refractivity contribution in [3.63, 3.8) is 0 Å². The molecule has 0 unspecified atom stereocenters. The maximum absolute atomic E-state index is 13.1. The maximum atomic E-state index is 13.1. The normalized spacial score (nSPS) is 10.7. The second-order valence-electron chi connectivity index (χ2n) is 8.38. The van der Waals surface area contributed by atoms with Gasteiger partial charge in [0.15, 0.2) is 5.58 Å². The highest BCUT2D eigenvalue weighted by Gasteiger charge is 2.15. The summed E-state index contributed by atoms with van der Waals surface area (Å²) in [6.45, 7) is 4.05. The fourth-order valence-corrected chi connectivity index (χ4v) is 3.70. The van der Waals surface area contributed by atoms with Crippen molar-refractivity contribution in [2.75, 3.05) is 12.4 Å². The summed E-state index contributed by atoms with van der Waals surface area (Å²) in [6.07, 6.45) is 3.21. The van der Waals surface area contributed by atoms with Crippen LogP contribution >= 0.6 is 0 Å². The van der Waals surface area contributed by atoms with Gasteiger partial charge < -0.3 is 14.5 Å². The Kier molecular flexibility index (Phi) is 8.01. The van der Waals surface area contributed by atoms with Crippen LogP contribution in [0.2, 0.25) is 0 Å². The molecule has 4 rings (SSSR count). The molecule has 37 heavy (non-hydrogen) atoms. The lowest BCUT2D eigenvalue weighted by atomic mass is 10.1. The van der Waals surface area contributed by atoms with Crippen molar-refractivity contribution < 1.29 is 18.7 Å². The van der Waals surface area contributed by atoms with Gasteiger partial charge >= 0.3 is 5.97 Å². The average Bonchev–Trinajstić information content (AvgIpc) is 3.30. The van der Waals surface area contributed by atoms with Gasteiger partial charge in [0.1, 0.15) is 5.52 Å². The first-order valence-corrected chi connectivity index (χ1v) is 11.7. The molecule has 0 atom stereocenters. The number of fused-ring (bicyclic) bond motifs is 1. The summed E-state index contributed by atoms with van der Waals surface area (Å²) >= 11 is 0. The predicted octanol–water partition coefficient (Wildman–Crippen LogP) is 5.62. The minimum atomic E-state index is -0.415. The number of nitrogens with one attached hydrogen (secondary N) is 1. The predicted molar refractivity (Wildman–Crippen MR) is 144 cm³/mol. The van der Waals surface area contributed by atoms with Gasteiger partial charge in [-0.3, -0.25) is 9.69 Å². The molecule has 0 saturated heterocycles. The molecule has 0 aliphatic carbocycles. The summed E-state index contributed by atoms with van der Waals surface area (Å²) < 4.78 is 10.5. The van der Waals surface area contributed by atoms with Gasteiger partial charge in [-0.2, -0.15) is 4.98 Å². The van der Waals surface area contributed by atoms with Crippen LogP contribution in [0.15, 0.2) is 77.2 Å². The van der Waals surface area contributed by atoms with Crippen LogP contribution in [0.3, 0.4) is 0 Å². The highest BCUT2D eigenvalue weighted by Crippen LogP contribution is 2.25. The van der Waals surface area contributed by atoms with Gasteiger partial charge in [0.2, 0.25) is 5.91 Å². The monoisotopic (exact) mass is 493 g/mol. The fourth-order valence-electron chi connectivity index (χ4n) is 3.70. The first-order valence-electron chi connectivity index (χ1n) is 11.7. The molecule has 4 aromatic rings. The van der Waals surface area contributed by atoms with E-state index in [1.807, 2.05) is 73.7 Å². The second kappa shape index (κ2) is 11.7. The van der Waals surface area contributed by atoms with Crippen LogP contribution in [-0.4, -0.2) is 28.9 Å². The number of hydrogen-bond donors (Lipinski definition) is 1. The van der Waals surface area contributed by atoms with E-state index in [2.05, 4.69) is 27.0 Å². The quantitative estimate of drug-likeness (QED) is 0.148. The van der Waals surface area contributed by atoms with Crippen molar-refractivity contribution in [2.24, 2.45) is 0 Å². The topological polar surface area (TPSA) is 84.7 Å². The van der Waals surface area contributed by atoms with Gasteiger partial charge in [-0.05, 0) is 60.4 Å². The summed E-state index contributed by atoms with van der Waals surface area (Å²) in [5.74, 6) is 2.28. The number of para-hydroxylation sites is 1. The summed E-state index contributed by atoms with van der Waals surface area (Å²) in [5.41, 5.74) is 5.90. The van der Waals surface area contributed by atoms with E-state index in [0.29, 0.717) is 23.7 Å². The first-order chi connectivity index (χ1) is 17.9. The van der Waals surface area contributed by atoms with Crippen LogP contribution in [-0.2, 0) is 27.3 Å². The van der Waals surface area contributed by atoms with E-state index < -0.39 is 5.97 Å². The minimum absolute atomic E-state index is 0.124. The highest BCUT2D eigenvalue weighted by atomic mass is 16.5. The van der Waals surface area contributed by atoms with Crippen molar-refractivity contribution in [1.29, 1.82) is 0 Å². The van der Waals surface area contributed by atoms with Crippen molar-refractivity contribution in [1.82, 2.24) is 9.88 Å². The number of rotatable bonds is 8. The molecule has 1 aromatic heterocycles. The first kappa shape index (κ1) is 25.3. The molecule has 1 N–H and O–H groups in total. The van der Waals surface area contributed by atoms with E-state index in [-0.39, 0.29) is 12.3 Å². The van der Waals surface area contributed by atoms with Crippen molar-refractivity contribution >= 4 is 40.8 Å². The lowest BCUT2D eigenvalue weighted by molar-refractivity contribution is -0.134. The molecule has 0 fully saturated rings. The number of esters is 1. The second-order valence-corrected chi connectivity index (χ2v) is 8.38. The number of amides is 1. The molecule has 7 nitrogen and oxygen atoms in total. The van der Waals surface area contributed by atoms with Crippen LogP contribution in [0.4, 0.5) is 11.7 Å². The van der Waals surface area contributed by atoms with E-state index >= 15 is 0 Å². The number of hydrogen-bond acceptors (Lipinski definition) is 6. The van der Waals surface area contributed by atoms with Gasteiger partial charge in [-0.15, -0.1) is 0 Å². The summed E-state index contributed by atoms with van der Waals surface area (Å²) in [7, 11) is 1.33. The van der Waals surface area contributed by atoms with E-state index in [1.165, 1.54) is 18.1 Å². The number of carbonyl (C=O) groups is 2. The molecule has 1 heterocycles. The molecule has 0 bridgehead atoms. The van der Waals surface area contributed by atoms with E-state index in [9.17, 15) is 9.59 Å². The van der Waals surface area contributed by atoms with Crippen LogP contribution in [0.5, 0.6) is 0 Å². The average molecular weight is 494 g/mol. The Labute approximate surface area is 215 Å². The molecule has 186 valence electrons. The Bertz CT molecular complexity index is 1510. The Morgan fingerprint density at radius 3 is 2.57 bits per heavy atom. The third kappa shape index (κ3) is 6.65. The summed E-state index contributed by atoms with van der Waals surface area (Å²) in [5, 5.41) is 3.21. The van der Waals surface area contributed by atoms with Gasteiger partial charge in [-0.25, -0.2) is 4.79 Å². The van der Waals surface area contributed by atoms with E-state index in [4.69, 9.17) is 4.42 Å². The van der Waals surface area contributed by atoms with Crippen LogP contribution in [0.25, 0.3) is 17.2 Å².